The van der Waals surface area contributed by atoms with E-state index in [1.54, 1.807) is 47.4 Å². The van der Waals surface area contributed by atoms with Gasteiger partial charge in [-0.2, -0.15) is 0 Å². The van der Waals surface area contributed by atoms with E-state index in [0.29, 0.717) is 22.8 Å². The minimum absolute atomic E-state index is 0.105. The van der Waals surface area contributed by atoms with Gasteiger partial charge in [-0.25, -0.2) is 4.39 Å². The second-order valence-electron chi connectivity index (χ2n) is 5.69. The van der Waals surface area contributed by atoms with Crippen molar-refractivity contribution in [1.82, 2.24) is 5.32 Å². The third kappa shape index (κ3) is 3.57. The minimum atomic E-state index is -0.455. The maximum Gasteiger partial charge on any atom is 0.227 e. The van der Waals surface area contributed by atoms with Crippen LogP contribution < -0.4 is 10.2 Å². The first-order chi connectivity index (χ1) is 11.5. The Hall–Kier alpha value is -2.40. The van der Waals surface area contributed by atoms with E-state index in [9.17, 15) is 14.0 Å². The molecule has 0 bridgehead atoms. The largest absolute Gasteiger partial charge is 0.352 e. The Labute approximate surface area is 144 Å². The first-order valence-electron chi connectivity index (χ1n) is 7.61. The zero-order chi connectivity index (χ0) is 17.1. The van der Waals surface area contributed by atoms with E-state index in [0.717, 1.165) is 0 Å². The van der Waals surface area contributed by atoms with Crippen LogP contribution in [-0.4, -0.2) is 18.4 Å². The summed E-state index contributed by atoms with van der Waals surface area (Å²) in [5.41, 5.74) is 1.10. The summed E-state index contributed by atoms with van der Waals surface area (Å²) in [7, 11) is 0. The smallest absolute Gasteiger partial charge is 0.227 e. The maximum absolute atomic E-state index is 13.6. The average Bonchev–Trinajstić information content (AvgIpc) is 2.96. The molecule has 4 nitrogen and oxygen atoms in total. The van der Waals surface area contributed by atoms with Crippen molar-refractivity contribution in [3.05, 3.63) is 64.9 Å². The molecular formula is C18H16ClFN2O2. The first kappa shape index (κ1) is 16.5. The van der Waals surface area contributed by atoms with Gasteiger partial charge in [0.2, 0.25) is 11.8 Å². The van der Waals surface area contributed by atoms with Crippen LogP contribution in [0.25, 0.3) is 0 Å². The summed E-state index contributed by atoms with van der Waals surface area (Å²) >= 11 is 5.95. The number of benzene rings is 2. The van der Waals surface area contributed by atoms with Crippen molar-refractivity contribution < 1.29 is 14.0 Å². The Kier molecular flexibility index (Phi) is 4.81. The third-order valence-electron chi connectivity index (χ3n) is 4.03. The summed E-state index contributed by atoms with van der Waals surface area (Å²) < 4.78 is 13.6. The van der Waals surface area contributed by atoms with Crippen molar-refractivity contribution in [2.45, 2.75) is 13.0 Å². The first-order valence-corrected chi connectivity index (χ1v) is 7.99. The standard InChI is InChI=1S/C18H16ClFN2O2/c19-14-5-3-6-15(9-14)22-11-13(8-17(22)23)18(24)21-10-12-4-1-2-7-16(12)20/h1-7,9,13H,8,10-11H2,(H,21,24). The molecule has 0 saturated carbocycles. The Morgan fingerprint density at radius 2 is 2.04 bits per heavy atom. The second-order valence-corrected chi connectivity index (χ2v) is 6.13. The van der Waals surface area contributed by atoms with Gasteiger partial charge in [-0.3, -0.25) is 9.59 Å². The molecule has 1 aliphatic rings. The summed E-state index contributed by atoms with van der Waals surface area (Å²) in [5.74, 6) is -1.19. The fourth-order valence-electron chi connectivity index (χ4n) is 2.75. The van der Waals surface area contributed by atoms with Gasteiger partial charge in [-0.15, -0.1) is 0 Å². The molecule has 2 aromatic carbocycles. The van der Waals surface area contributed by atoms with Crippen molar-refractivity contribution in [1.29, 1.82) is 0 Å². The number of nitrogens with one attached hydrogen (secondary N) is 1. The summed E-state index contributed by atoms with van der Waals surface area (Å²) in [6, 6.07) is 13.2. The number of amides is 2. The zero-order valence-electron chi connectivity index (χ0n) is 12.8. The van der Waals surface area contributed by atoms with E-state index in [1.807, 2.05) is 0 Å². The van der Waals surface area contributed by atoms with Crippen LogP contribution in [0.2, 0.25) is 5.02 Å². The normalized spacial score (nSPS) is 17.2. The molecular weight excluding hydrogens is 331 g/mol. The van der Waals surface area contributed by atoms with Gasteiger partial charge in [-0.1, -0.05) is 35.9 Å². The van der Waals surface area contributed by atoms with Gasteiger partial charge < -0.3 is 10.2 Å². The highest BCUT2D eigenvalue weighted by Gasteiger charge is 2.35. The van der Waals surface area contributed by atoms with Gasteiger partial charge in [0.25, 0.3) is 0 Å². The van der Waals surface area contributed by atoms with Crippen LogP contribution in [0.5, 0.6) is 0 Å². The highest BCUT2D eigenvalue weighted by atomic mass is 35.5. The van der Waals surface area contributed by atoms with E-state index < -0.39 is 5.92 Å². The molecule has 0 spiro atoms. The molecule has 1 N–H and O–H groups in total. The molecule has 1 heterocycles. The van der Waals surface area contributed by atoms with Crippen LogP contribution in [0.4, 0.5) is 10.1 Å². The molecule has 2 aromatic rings. The Bertz CT molecular complexity index is 781. The number of rotatable bonds is 4. The molecule has 124 valence electrons. The predicted molar refractivity (Wildman–Crippen MR) is 90.2 cm³/mol. The molecule has 0 aromatic heterocycles. The fraction of sp³-hybridized carbons (Fsp3) is 0.222. The molecule has 1 unspecified atom stereocenters. The topological polar surface area (TPSA) is 49.4 Å². The highest BCUT2D eigenvalue weighted by Crippen LogP contribution is 2.27. The molecule has 2 amide bonds. The molecule has 1 aliphatic heterocycles. The number of carbonyl (C=O) groups is 2. The third-order valence-corrected chi connectivity index (χ3v) is 4.26. The van der Waals surface area contributed by atoms with Gasteiger partial charge in [0.1, 0.15) is 5.82 Å². The van der Waals surface area contributed by atoms with Crippen molar-refractivity contribution >= 4 is 29.1 Å². The van der Waals surface area contributed by atoms with Crippen LogP contribution in [-0.2, 0) is 16.1 Å². The highest BCUT2D eigenvalue weighted by molar-refractivity contribution is 6.30. The lowest BCUT2D eigenvalue weighted by Gasteiger charge is -2.17. The van der Waals surface area contributed by atoms with Gasteiger partial charge in [0, 0.05) is 35.8 Å². The molecule has 1 fully saturated rings. The molecule has 1 atom stereocenters. The van der Waals surface area contributed by atoms with Gasteiger partial charge in [0.05, 0.1) is 5.92 Å². The van der Waals surface area contributed by atoms with E-state index >= 15 is 0 Å². The minimum Gasteiger partial charge on any atom is -0.352 e. The molecule has 6 heteroatoms. The fourth-order valence-corrected chi connectivity index (χ4v) is 2.93. The van der Waals surface area contributed by atoms with Gasteiger partial charge in [-0.05, 0) is 24.3 Å². The molecule has 3 rings (SSSR count). The monoisotopic (exact) mass is 346 g/mol. The summed E-state index contributed by atoms with van der Waals surface area (Å²) in [5, 5.41) is 3.24. The Morgan fingerprint density at radius 3 is 2.79 bits per heavy atom. The van der Waals surface area contributed by atoms with Gasteiger partial charge >= 0.3 is 0 Å². The predicted octanol–water partition coefficient (Wildman–Crippen LogP) is 3.15. The van der Waals surface area contributed by atoms with Crippen LogP contribution in [0.3, 0.4) is 0 Å². The van der Waals surface area contributed by atoms with E-state index in [4.69, 9.17) is 11.6 Å². The van der Waals surface area contributed by atoms with Crippen molar-refractivity contribution in [3.8, 4) is 0 Å². The van der Waals surface area contributed by atoms with E-state index in [2.05, 4.69) is 5.32 Å². The lowest BCUT2D eigenvalue weighted by Crippen LogP contribution is -2.32. The number of hydrogen-bond acceptors (Lipinski definition) is 2. The lowest BCUT2D eigenvalue weighted by molar-refractivity contribution is -0.126. The average molecular weight is 347 g/mol. The summed E-state index contributed by atoms with van der Waals surface area (Å²) in [4.78, 5) is 26.0. The van der Waals surface area contributed by atoms with Crippen molar-refractivity contribution in [3.63, 3.8) is 0 Å². The molecule has 0 radical (unpaired) electrons. The second kappa shape index (κ2) is 7.01. The number of anilines is 1. The Balaban J connectivity index is 1.63. The van der Waals surface area contributed by atoms with Crippen molar-refractivity contribution in [2.75, 3.05) is 11.4 Å². The van der Waals surface area contributed by atoms with Gasteiger partial charge in [0.15, 0.2) is 0 Å². The number of carbonyl (C=O) groups excluding carboxylic acids is 2. The molecule has 1 saturated heterocycles. The Morgan fingerprint density at radius 1 is 1.25 bits per heavy atom. The number of nitrogens with zero attached hydrogens (tertiary/aromatic N) is 1. The van der Waals surface area contributed by atoms with Crippen LogP contribution in [0, 0.1) is 11.7 Å². The van der Waals surface area contributed by atoms with E-state index in [1.165, 1.54) is 6.07 Å². The summed E-state index contributed by atoms with van der Waals surface area (Å²) in [6.07, 6.45) is 0.135. The quantitative estimate of drug-likeness (QED) is 0.924. The molecule has 0 aliphatic carbocycles. The molecule has 24 heavy (non-hydrogen) atoms. The number of hydrogen-bond donors (Lipinski definition) is 1. The van der Waals surface area contributed by atoms with Crippen molar-refractivity contribution in [2.24, 2.45) is 5.92 Å². The van der Waals surface area contributed by atoms with Crippen LogP contribution in [0.15, 0.2) is 48.5 Å². The van der Waals surface area contributed by atoms with E-state index in [-0.39, 0.29) is 30.6 Å². The van der Waals surface area contributed by atoms with Crippen LogP contribution in [0.1, 0.15) is 12.0 Å². The lowest BCUT2D eigenvalue weighted by atomic mass is 10.1. The SMILES string of the molecule is O=C(NCc1ccccc1F)C1CC(=O)N(c2cccc(Cl)c2)C1. The summed E-state index contributed by atoms with van der Waals surface area (Å²) in [6.45, 7) is 0.398. The van der Waals surface area contributed by atoms with Crippen LogP contribution >= 0.6 is 11.6 Å². The maximum atomic E-state index is 13.6. The number of halogens is 2. The zero-order valence-corrected chi connectivity index (χ0v) is 13.6.